The van der Waals surface area contributed by atoms with Gasteiger partial charge in [0, 0.05) is 10.0 Å². The van der Waals surface area contributed by atoms with E-state index < -0.39 is 0 Å². The minimum absolute atomic E-state index is 0.0334. The molecule has 0 bridgehead atoms. The zero-order valence-corrected chi connectivity index (χ0v) is 22.4. The lowest BCUT2D eigenvalue weighted by Gasteiger charge is -2.06. The normalized spacial score (nSPS) is 11.1. The molecule has 11 heteroatoms. The average Bonchev–Trinajstić information content (AvgIpc) is 3.30. The van der Waals surface area contributed by atoms with Crippen LogP contribution < -0.4 is 14.7 Å². The van der Waals surface area contributed by atoms with Crippen LogP contribution in [-0.4, -0.2) is 40.3 Å². The number of amides is 1. The van der Waals surface area contributed by atoms with Gasteiger partial charge in [0.15, 0.2) is 0 Å². The Hall–Kier alpha value is -3.15. The monoisotopic (exact) mass is 616 g/mol. The molecule has 8 nitrogen and oxygen atoms in total. The van der Waals surface area contributed by atoms with Gasteiger partial charge in [0.2, 0.25) is 0 Å². The highest BCUT2D eigenvalue weighted by molar-refractivity contribution is 9.11. The molecule has 3 aromatic carbocycles. The zero-order chi connectivity index (χ0) is 24.8. The third kappa shape index (κ3) is 6.11. The molecule has 0 radical (unpaired) electrons. The number of ether oxygens (including phenoxy) is 1. The molecule has 178 valence electrons. The van der Waals surface area contributed by atoms with Gasteiger partial charge in [0.05, 0.1) is 34.2 Å². The summed E-state index contributed by atoms with van der Waals surface area (Å²) >= 11 is 7.90. The highest BCUT2D eigenvalue weighted by atomic mass is 79.9. The molecule has 0 atom stereocenters. The number of carbonyl (C=O) groups excluding carboxylic acids is 1. The van der Waals surface area contributed by atoms with Crippen molar-refractivity contribution in [3.8, 4) is 28.6 Å². The largest absolute Gasteiger partial charge is 0.506 e. The van der Waals surface area contributed by atoms with Crippen molar-refractivity contribution in [1.29, 1.82) is 0 Å². The second-order valence-electron chi connectivity index (χ2n) is 7.16. The average molecular weight is 618 g/mol. The van der Waals surface area contributed by atoms with Gasteiger partial charge in [-0.05, 0) is 76.2 Å². The number of methoxy groups -OCH3 is 1. The third-order valence-electron chi connectivity index (χ3n) is 4.83. The molecule has 4 rings (SSSR count). The molecular weight excluding hydrogens is 598 g/mol. The minimum Gasteiger partial charge on any atom is -0.506 e. The molecule has 0 fully saturated rings. The number of phenols is 1. The zero-order valence-electron chi connectivity index (χ0n) is 18.4. The number of carbonyl (C=O) groups is 1. The molecule has 3 N–H and O–H groups in total. The van der Waals surface area contributed by atoms with Gasteiger partial charge in [-0.1, -0.05) is 34.1 Å². The molecule has 1 aromatic heterocycles. The number of halogens is 2. The lowest BCUT2D eigenvalue weighted by Crippen LogP contribution is -2.34. The molecule has 0 saturated heterocycles. The molecule has 0 aliphatic rings. The number of hydrogen-bond acceptors (Lipinski definition) is 6. The fourth-order valence-corrected chi connectivity index (χ4v) is 5.19. The molecule has 4 aromatic rings. The Kier molecular flexibility index (Phi) is 8.21. The lowest BCUT2D eigenvalue weighted by molar-refractivity contribution is -0.625. The number of H-pyrrole nitrogens is 1. The van der Waals surface area contributed by atoms with Crippen LogP contribution in [0.3, 0.4) is 0 Å². The number of thioether (sulfide) groups is 1. The van der Waals surface area contributed by atoms with Crippen molar-refractivity contribution in [3.05, 3.63) is 81.2 Å². The summed E-state index contributed by atoms with van der Waals surface area (Å²) in [4.78, 5) is 12.4. The SMILES string of the molecule is COc1ccc(-[n+]2c(SCC(=O)N/N=C/c3cc(Br)cc(Br)c3O)n[nH]c2-c2ccccc2)cc1. The summed E-state index contributed by atoms with van der Waals surface area (Å²) < 4.78 is 8.51. The van der Waals surface area contributed by atoms with E-state index in [1.165, 1.54) is 18.0 Å². The first-order chi connectivity index (χ1) is 17.0. The van der Waals surface area contributed by atoms with E-state index in [9.17, 15) is 9.90 Å². The third-order valence-corrected chi connectivity index (χ3v) is 6.83. The van der Waals surface area contributed by atoms with E-state index in [0.717, 1.165) is 27.3 Å². The van der Waals surface area contributed by atoms with Crippen LogP contribution in [0, 0.1) is 0 Å². The van der Waals surface area contributed by atoms with Gasteiger partial charge in [0.25, 0.3) is 11.7 Å². The maximum atomic E-state index is 12.4. The van der Waals surface area contributed by atoms with Crippen molar-refractivity contribution in [2.45, 2.75) is 5.16 Å². The molecule has 0 aliphatic carbocycles. The summed E-state index contributed by atoms with van der Waals surface area (Å²) in [5, 5.41) is 22.2. The van der Waals surface area contributed by atoms with E-state index in [2.05, 4.69) is 52.6 Å². The Morgan fingerprint density at radius 1 is 1.20 bits per heavy atom. The number of nitrogens with zero attached hydrogens (tertiary/aromatic N) is 3. The van der Waals surface area contributed by atoms with Crippen LogP contribution in [0.5, 0.6) is 11.5 Å². The Labute approximate surface area is 222 Å². The number of benzene rings is 3. The molecule has 0 spiro atoms. The Bertz CT molecular complexity index is 1360. The summed E-state index contributed by atoms with van der Waals surface area (Å²) in [7, 11) is 1.62. The quantitative estimate of drug-likeness (QED) is 0.114. The van der Waals surface area contributed by atoms with Gasteiger partial charge in [0.1, 0.15) is 17.2 Å². The Morgan fingerprint density at radius 3 is 2.66 bits per heavy atom. The number of aromatic nitrogens is 3. The fourth-order valence-electron chi connectivity index (χ4n) is 3.17. The van der Waals surface area contributed by atoms with E-state index in [4.69, 9.17) is 4.74 Å². The van der Waals surface area contributed by atoms with Crippen LogP contribution >= 0.6 is 43.6 Å². The Morgan fingerprint density at radius 2 is 1.94 bits per heavy atom. The summed E-state index contributed by atoms with van der Waals surface area (Å²) in [5.41, 5.74) is 4.77. The number of hydrogen-bond donors (Lipinski definition) is 3. The lowest BCUT2D eigenvalue weighted by atomic mass is 10.2. The van der Waals surface area contributed by atoms with Gasteiger partial charge < -0.3 is 9.84 Å². The van der Waals surface area contributed by atoms with Gasteiger partial charge in [-0.15, -0.1) is 5.10 Å². The van der Waals surface area contributed by atoms with E-state index in [-0.39, 0.29) is 17.4 Å². The van der Waals surface area contributed by atoms with E-state index in [1.807, 2.05) is 59.2 Å². The summed E-state index contributed by atoms with van der Waals surface area (Å²) in [5.74, 6) is 1.33. The van der Waals surface area contributed by atoms with Crippen LogP contribution in [0.1, 0.15) is 5.56 Å². The summed E-state index contributed by atoms with van der Waals surface area (Å²) in [6.07, 6.45) is 1.38. The fraction of sp³-hybridized carbons (Fsp3) is 0.0833. The molecule has 0 unspecified atom stereocenters. The van der Waals surface area contributed by atoms with Gasteiger partial charge in [-0.25, -0.2) is 5.43 Å². The second kappa shape index (κ2) is 11.5. The van der Waals surface area contributed by atoms with E-state index >= 15 is 0 Å². The smallest absolute Gasteiger partial charge is 0.342 e. The highest BCUT2D eigenvalue weighted by Crippen LogP contribution is 2.30. The topological polar surface area (TPSA) is 103 Å². The second-order valence-corrected chi connectivity index (χ2v) is 9.87. The van der Waals surface area contributed by atoms with Gasteiger partial charge in [-0.2, -0.15) is 9.67 Å². The van der Waals surface area contributed by atoms with E-state index in [0.29, 0.717) is 15.2 Å². The van der Waals surface area contributed by atoms with Crippen molar-refractivity contribution >= 4 is 55.7 Å². The van der Waals surface area contributed by atoms with Gasteiger partial charge in [-0.3, -0.25) is 4.79 Å². The number of phenolic OH excluding ortho intramolecular Hbond substituents is 1. The van der Waals surface area contributed by atoms with Crippen molar-refractivity contribution in [3.63, 3.8) is 0 Å². The number of aromatic hydroxyl groups is 1. The van der Waals surface area contributed by atoms with Gasteiger partial charge >= 0.3 is 5.16 Å². The first-order valence-corrected chi connectivity index (χ1v) is 12.9. The molecular formula is C24H20Br2N5O3S+. The minimum atomic E-state index is -0.314. The number of rotatable bonds is 8. The van der Waals surface area contributed by atoms with Crippen LogP contribution in [0.15, 0.2) is 85.9 Å². The molecule has 0 aliphatic heterocycles. The highest BCUT2D eigenvalue weighted by Gasteiger charge is 2.24. The maximum absolute atomic E-state index is 12.4. The van der Waals surface area contributed by atoms with Crippen LogP contribution in [0.4, 0.5) is 0 Å². The number of aromatic amines is 1. The van der Waals surface area contributed by atoms with Crippen LogP contribution in [0.25, 0.3) is 17.1 Å². The molecule has 1 amide bonds. The first kappa shape index (κ1) is 25.0. The van der Waals surface area contributed by atoms with Crippen molar-refractivity contribution < 1.29 is 19.2 Å². The van der Waals surface area contributed by atoms with Crippen LogP contribution in [-0.2, 0) is 4.79 Å². The summed E-state index contributed by atoms with van der Waals surface area (Å²) in [6, 6.07) is 20.8. The number of nitrogens with one attached hydrogen (secondary N) is 2. The van der Waals surface area contributed by atoms with Crippen molar-refractivity contribution in [2.24, 2.45) is 5.10 Å². The van der Waals surface area contributed by atoms with Crippen molar-refractivity contribution in [2.75, 3.05) is 12.9 Å². The molecule has 35 heavy (non-hydrogen) atoms. The predicted octanol–water partition coefficient (Wildman–Crippen LogP) is 4.84. The maximum Gasteiger partial charge on any atom is 0.342 e. The van der Waals surface area contributed by atoms with Crippen molar-refractivity contribution in [1.82, 2.24) is 15.6 Å². The van der Waals surface area contributed by atoms with E-state index in [1.54, 1.807) is 19.2 Å². The predicted molar refractivity (Wildman–Crippen MR) is 142 cm³/mol. The molecule has 0 saturated carbocycles. The van der Waals surface area contributed by atoms with Crippen LogP contribution in [0.2, 0.25) is 0 Å². The first-order valence-electron chi connectivity index (χ1n) is 10.3. The molecule has 1 heterocycles. The number of hydrazone groups is 1. The Balaban J connectivity index is 1.51. The summed E-state index contributed by atoms with van der Waals surface area (Å²) in [6.45, 7) is 0. The standard InChI is InChI=1S/C24H19Br2N5O3S/c1-34-19-9-7-18(8-10-19)31-23(15-5-3-2-4-6-15)29-30-24(31)35-14-21(32)28-27-13-16-11-17(25)12-20(26)22(16)33/h2-13H,14H2,1H3,(H2,27,28,32,33)/p+1.